The van der Waals surface area contributed by atoms with E-state index in [1.807, 2.05) is 0 Å². The smallest absolute Gasteiger partial charge is 0.333 e. The normalized spacial score (nSPS) is 10.4. The Labute approximate surface area is 121 Å². The highest BCUT2D eigenvalue weighted by atomic mass is 16.6. The molecular formula is C12H17N7O2. The Morgan fingerprint density at radius 1 is 1.29 bits per heavy atom. The van der Waals surface area contributed by atoms with Crippen molar-refractivity contribution in [2.75, 3.05) is 23.7 Å². The highest BCUT2D eigenvalue weighted by Gasteiger charge is 2.23. The molecule has 9 nitrogen and oxygen atoms in total. The van der Waals surface area contributed by atoms with Gasteiger partial charge in [-0.05, 0) is 19.4 Å². The lowest BCUT2D eigenvalue weighted by atomic mass is 10.3. The average Bonchev–Trinajstić information content (AvgIpc) is 2.74. The summed E-state index contributed by atoms with van der Waals surface area (Å²) in [5.74, 6) is 0.994. The minimum atomic E-state index is -0.416. The third-order valence-corrected chi connectivity index (χ3v) is 2.87. The van der Waals surface area contributed by atoms with Crippen molar-refractivity contribution < 1.29 is 4.92 Å². The van der Waals surface area contributed by atoms with E-state index in [4.69, 9.17) is 0 Å². The van der Waals surface area contributed by atoms with E-state index in [0.717, 1.165) is 6.42 Å². The van der Waals surface area contributed by atoms with Gasteiger partial charge in [0, 0.05) is 32.5 Å². The predicted octanol–water partition coefficient (Wildman–Crippen LogP) is 1.34. The quantitative estimate of drug-likeness (QED) is 0.450. The Bertz CT molecular complexity index is 612. The van der Waals surface area contributed by atoms with Gasteiger partial charge in [-0.1, -0.05) is 0 Å². The summed E-state index contributed by atoms with van der Waals surface area (Å²) in [7, 11) is 1.68. The summed E-state index contributed by atoms with van der Waals surface area (Å²) in [5, 5.41) is 21.2. The van der Waals surface area contributed by atoms with Gasteiger partial charge in [0.05, 0.1) is 4.92 Å². The maximum atomic E-state index is 11.0. The van der Waals surface area contributed by atoms with Crippen LogP contribution in [-0.2, 0) is 7.05 Å². The zero-order valence-electron chi connectivity index (χ0n) is 11.9. The third kappa shape index (κ3) is 3.65. The van der Waals surface area contributed by atoms with Crippen LogP contribution in [0.15, 0.2) is 18.5 Å². The third-order valence-electron chi connectivity index (χ3n) is 2.87. The molecular weight excluding hydrogens is 274 g/mol. The second-order valence-corrected chi connectivity index (χ2v) is 4.44. The molecule has 0 bridgehead atoms. The summed E-state index contributed by atoms with van der Waals surface area (Å²) < 4.78 is 1.49. The van der Waals surface area contributed by atoms with Gasteiger partial charge >= 0.3 is 5.69 Å². The van der Waals surface area contributed by atoms with Gasteiger partial charge in [-0.2, -0.15) is 5.10 Å². The van der Waals surface area contributed by atoms with E-state index in [1.165, 1.54) is 4.68 Å². The summed E-state index contributed by atoms with van der Waals surface area (Å²) in [6.45, 7) is 2.87. The number of rotatable bonds is 7. The SMILES string of the molecule is Cc1nn(C)c(NCCCNc2ncccn2)c1[N+](=O)[O-]. The average molecular weight is 291 g/mol. The van der Waals surface area contributed by atoms with E-state index >= 15 is 0 Å². The molecule has 0 radical (unpaired) electrons. The van der Waals surface area contributed by atoms with Crippen molar-refractivity contribution in [2.45, 2.75) is 13.3 Å². The molecule has 2 heterocycles. The van der Waals surface area contributed by atoms with Crippen molar-refractivity contribution in [1.82, 2.24) is 19.7 Å². The van der Waals surface area contributed by atoms with Crippen molar-refractivity contribution in [1.29, 1.82) is 0 Å². The Kier molecular flexibility index (Phi) is 4.64. The van der Waals surface area contributed by atoms with Crippen LogP contribution in [0.2, 0.25) is 0 Å². The van der Waals surface area contributed by atoms with Crippen LogP contribution in [-0.4, -0.2) is 37.8 Å². The Morgan fingerprint density at radius 2 is 1.95 bits per heavy atom. The number of nitrogens with zero attached hydrogens (tertiary/aromatic N) is 5. The minimum absolute atomic E-state index is 0.0249. The van der Waals surface area contributed by atoms with E-state index in [-0.39, 0.29) is 5.69 Å². The molecule has 0 spiro atoms. The fourth-order valence-corrected chi connectivity index (χ4v) is 1.95. The predicted molar refractivity (Wildman–Crippen MR) is 78.2 cm³/mol. The van der Waals surface area contributed by atoms with Crippen molar-refractivity contribution in [2.24, 2.45) is 7.05 Å². The zero-order valence-corrected chi connectivity index (χ0v) is 11.9. The molecule has 9 heteroatoms. The van der Waals surface area contributed by atoms with Gasteiger partial charge in [0.15, 0.2) is 0 Å². The van der Waals surface area contributed by atoms with Crippen molar-refractivity contribution in [3.05, 3.63) is 34.3 Å². The van der Waals surface area contributed by atoms with Crippen molar-refractivity contribution >= 4 is 17.5 Å². The van der Waals surface area contributed by atoms with Gasteiger partial charge < -0.3 is 10.6 Å². The largest absolute Gasteiger partial charge is 0.364 e. The van der Waals surface area contributed by atoms with Crippen LogP contribution < -0.4 is 10.6 Å². The summed E-state index contributed by atoms with van der Waals surface area (Å²) in [5.41, 5.74) is 0.428. The monoisotopic (exact) mass is 291 g/mol. The molecule has 0 unspecified atom stereocenters. The van der Waals surface area contributed by atoms with E-state index in [2.05, 4.69) is 25.7 Å². The van der Waals surface area contributed by atoms with Crippen LogP contribution in [0.4, 0.5) is 17.5 Å². The highest BCUT2D eigenvalue weighted by molar-refractivity contribution is 5.59. The number of hydrogen-bond donors (Lipinski definition) is 2. The van der Waals surface area contributed by atoms with E-state index in [0.29, 0.717) is 30.5 Å². The molecule has 0 aliphatic rings. The lowest BCUT2D eigenvalue weighted by Crippen LogP contribution is -2.13. The Morgan fingerprint density at radius 3 is 2.62 bits per heavy atom. The minimum Gasteiger partial charge on any atom is -0.364 e. The lowest BCUT2D eigenvalue weighted by molar-refractivity contribution is -0.384. The van der Waals surface area contributed by atoms with Crippen LogP contribution >= 0.6 is 0 Å². The van der Waals surface area contributed by atoms with Crippen LogP contribution in [0.3, 0.4) is 0 Å². The van der Waals surface area contributed by atoms with Gasteiger partial charge in [0.2, 0.25) is 11.8 Å². The van der Waals surface area contributed by atoms with Gasteiger partial charge in [0.1, 0.15) is 5.69 Å². The lowest BCUT2D eigenvalue weighted by Gasteiger charge is -2.07. The zero-order chi connectivity index (χ0) is 15.2. The van der Waals surface area contributed by atoms with E-state index in [9.17, 15) is 10.1 Å². The molecule has 0 saturated carbocycles. The maximum Gasteiger partial charge on any atom is 0.333 e. The van der Waals surface area contributed by atoms with E-state index < -0.39 is 4.92 Å². The first-order valence-electron chi connectivity index (χ1n) is 6.52. The van der Waals surface area contributed by atoms with Gasteiger partial charge in [-0.3, -0.25) is 10.1 Å². The summed E-state index contributed by atoms with van der Waals surface area (Å²) in [4.78, 5) is 18.7. The first-order chi connectivity index (χ1) is 10.1. The molecule has 0 aliphatic carbocycles. The molecule has 0 fully saturated rings. The fraction of sp³-hybridized carbons (Fsp3) is 0.417. The summed E-state index contributed by atoms with van der Waals surface area (Å²) in [6.07, 6.45) is 4.09. The molecule has 0 aromatic carbocycles. The number of aromatic nitrogens is 4. The summed E-state index contributed by atoms with van der Waals surface area (Å²) in [6, 6.07) is 1.75. The molecule has 0 amide bonds. The van der Waals surface area contributed by atoms with Gasteiger partial charge in [0.25, 0.3) is 0 Å². The van der Waals surface area contributed by atoms with Crippen LogP contribution in [0.1, 0.15) is 12.1 Å². The molecule has 2 rings (SSSR count). The molecule has 0 atom stereocenters. The number of nitrogens with one attached hydrogen (secondary N) is 2. The maximum absolute atomic E-state index is 11.0. The standard InChI is InChI=1S/C12H17N7O2/c1-9-10(19(20)21)11(18(2)17-9)13-5-3-6-14-12-15-7-4-8-16-12/h4,7-8,13H,3,5-6H2,1-2H3,(H,14,15,16). The molecule has 21 heavy (non-hydrogen) atoms. The van der Waals surface area contributed by atoms with Crippen LogP contribution in [0.5, 0.6) is 0 Å². The summed E-state index contributed by atoms with van der Waals surface area (Å²) >= 11 is 0. The topological polar surface area (TPSA) is 111 Å². The number of nitro groups is 1. The van der Waals surface area contributed by atoms with E-state index in [1.54, 1.807) is 32.4 Å². The second-order valence-electron chi connectivity index (χ2n) is 4.44. The molecule has 112 valence electrons. The molecule has 2 aromatic heterocycles. The molecule has 2 N–H and O–H groups in total. The fourth-order valence-electron chi connectivity index (χ4n) is 1.95. The van der Waals surface area contributed by atoms with Crippen LogP contribution in [0, 0.1) is 17.0 Å². The van der Waals surface area contributed by atoms with Crippen molar-refractivity contribution in [3.63, 3.8) is 0 Å². The molecule has 0 aliphatic heterocycles. The number of anilines is 2. The van der Waals surface area contributed by atoms with Gasteiger partial charge in [-0.25, -0.2) is 14.6 Å². The number of hydrogen-bond acceptors (Lipinski definition) is 7. The van der Waals surface area contributed by atoms with Gasteiger partial charge in [-0.15, -0.1) is 0 Å². The molecule has 2 aromatic rings. The Balaban J connectivity index is 1.83. The highest BCUT2D eigenvalue weighted by Crippen LogP contribution is 2.26. The first-order valence-corrected chi connectivity index (χ1v) is 6.52. The number of aryl methyl sites for hydroxylation is 2. The van der Waals surface area contributed by atoms with Crippen molar-refractivity contribution in [3.8, 4) is 0 Å². The second kappa shape index (κ2) is 6.64. The first kappa shape index (κ1) is 14.7. The Hall–Kier alpha value is -2.71. The molecule has 0 saturated heterocycles. The van der Waals surface area contributed by atoms with Crippen LogP contribution in [0.25, 0.3) is 0 Å².